The quantitative estimate of drug-likeness (QED) is 0.158. The summed E-state index contributed by atoms with van der Waals surface area (Å²) in [4.78, 5) is 7.27. The Labute approximate surface area is 383 Å². The van der Waals surface area contributed by atoms with E-state index in [2.05, 4.69) is 263 Å². The van der Waals surface area contributed by atoms with E-state index in [9.17, 15) is 0 Å². The molecule has 0 bridgehead atoms. The molecule has 1 aromatic heterocycles. The zero-order chi connectivity index (χ0) is 42.9. The summed E-state index contributed by atoms with van der Waals surface area (Å²) >= 11 is 1.86. The number of hydrogen-bond donors (Lipinski definition) is 0. The first-order valence-corrected chi connectivity index (χ1v) is 23.1. The Balaban J connectivity index is 1.01. The number of hydrogen-bond acceptors (Lipinski definition) is 4. The van der Waals surface area contributed by atoms with Crippen LogP contribution in [0.15, 0.2) is 249 Å². The molecule has 0 atom stereocenters. The van der Waals surface area contributed by atoms with Gasteiger partial charge in [-0.2, -0.15) is 0 Å². The first kappa shape index (κ1) is 37.4. The molecule has 11 aromatic rings. The van der Waals surface area contributed by atoms with Crippen LogP contribution in [0.5, 0.6) is 0 Å². The first-order chi connectivity index (χ1) is 32.3. The van der Waals surface area contributed by atoms with Crippen molar-refractivity contribution in [2.75, 3.05) is 14.7 Å². The fourth-order valence-corrected chi connectivity index (χ4v) is 12.0. The summed E-state index contributed by atoms with van der Waals surface area (Å²) in [5.74, 6) is 0. The standard InChI is InChI=1S/C61H41N3S/c1-5-20-42(21-6-1)62(43-22-7-2-8-23-43)46-36-38-48-49-39-37-47(41-59(49)65-58(48)40-46)63(44-24-9-3-10-25-44)57-35-19-32-54-60(57)50-28-13-14-29-51(50)61(54)52-30-15-17-33-55(52)64(45-26-11-4-12-27-45)56-34-18-16-31-53(56)61/h1-41H. The monoisotopic (exact) mass is 847 g/mol. The van der Waals surface area contributed by atoms with Gasteiger partial charge in [0.2, 0.25) is 0 Å². The highest BCUT2D eigenvalue weighted by Crippen LogP contribution is 2.65. The third-order valence-electron chi connectivity index (χ3n) is 13.4. The van der Waals surface area contributed by atoms with Crippen molar-refractivity contribution in [3.05, 3.63) is 271 Å². The van der Waals surface area contributed by atoms with Crippen LogP contribution in [-0.2, 0) is 5.41 Å². The minimum Gasteiger partial charge on any atom is -0.310 e. The number of anilines is 9. The lowest BCUT2D eigenvalue weighted by Crippen LogP contribution is -2.36. The van der Waals surface area contributed by atoms with Gasteiger partial charge in [0, 0.05) is 59.9 Å². The van der Waals surface area contributed by atoms with Gasteiger partial charge in [-0.25, -0.2) is 0 Å². The van der Waals surface area contributed by atoms with Gasteiger partial charge in [0.15, 0.2) is 0 Å². The van der Waals surface area contributed by atoms with Gasteiger partial charge >= 0.3 is 0 Å². The van der Waals surface area contributed by atoms with Crippen molar-refractivity contribution in [2.45, 2.75) is 5.41 Å². The number of para-hydroxylation sites is 6. The first-order valence-electron chi connectivity index (χ1n) is 22.3. The van der Waals surface area contributed by atoms with E-state index in [4.69, 9.17) is 0 Å². The molecule has 1 spiro atoms. The summed E-state index contributed by atoms with van der Waals surface area (Å²) in [6, 6.07) is 91.1. The van der Waals surface area contributed by atoms with E-state index in [-0.39, 0.29) is 0 Å². The predicted molar refractivity (Wildman–Crippen MR) is 274 cm³/mol. The molecule has 4 heteroatoms. The molecule has 1 aliphatic heterocycles. The Hall–Kier alpha value is -8.18. The minimum atomic E-state index is -0.552. The Kier molecular flexibility index (Phi) is 8.62. The number of benzene rings is 10. The third-order valence-corrected chi connectivity index (χ3v) is 14.5. The van der Waals surface area contributed by atoms with E-state index in [1.165, 1.54) is 64.9 Å². The molecule has 10 aromatic carbocycles. The van der Waals surface area contributed by atoms with Crippen LogP contribution >= 0.6 is 11.3 Å². The maximum Gasteiger partial charge on any atom is 0.0755 e. The Bertz CT molecular complexity index is 3480. The summed E-state index contributed by atoms with van der Waals surface area (Å²) in [7, 11) is 0. The maximum absolute atomic E-state index is 2.48. The Morgan fingerprint density at radius 1 is 0.338 bits per heavy atom. The van der Waals surface area contributed by atoms with E-state index in [0.29, 0.717) is 0 Å². The van der Waals surface area contributed by atoms with E-state index < -0.39 is 5.41 Å². The van der Waals surface area contributed by atoms with Crippen LogP contribution in [-0.4, -0.2) is 0 Å². The number of thiophene rings is 1. The average molecular weight is 848 g/mol. The molecule has 65 heavy (non-hydrogen) atoms. The maximum atomic E-state index is 2.48. The van der Waals surface area contributed by atoms with Gasteiger partial charge < -0.3 is 14.7 Å². The summed E-state index contributed by atoms with van der Waals surface area (Å²) in [6.45, 7) is 0. The van der Waals surface area contributed by atoms with Crippen LogP contribution in [0.2, 0.25) is 0 Å². The molecule has 2 heterocycles. The van der Waals surface area contributed by atoms with Crippen LogP contribution in [0.25, 0.3) is 31.3 Å². The lowest BCUT2D eigenvalue weighted by atomic mass is 9.64. The normalized spacial score (nSPS) is 13.0. The molecule has 1 aliphatic carbocycles. The van der Waals surface area contributed by atoms with E-state index >= 15 is 0 Å². The molecule has 0 N–H and O–H groups in total. The van der Waals surface area contributed by atoms with Crippen LogP contribution in [0.1, 0.15) is 22.3 Å². The van der Waals surface area contributed by atoms with Gasteiger partial charge in [-0.15, -0.1) is 11.3 Å². The third kappa shape index (κ3) is 5.67. The van der Waals surface area contributed by atoms with Crippen molar-refractivity contribution in [3.63, 3.8) is 0 Å². The summed E-state index contributed by atoms with van der Waals surface area (Å²) in [6.07, 6.45) is 0. The molecule has 0 saturated carbocycles. The fourth-order valence-electron chi connectivity index (χ4n) is 10.8. The molecule has 306 valence electrons. The van der Waals surface area contributed by atoms with Crippen molar-refractivity contribution >= 4 is 82.7 Å². The minimum absolute atomic E-state index is 0.552. The van der Waals surface area contributed by atoms with Gasteiger partial charge in [-0.3, -0.25) is 0 Å². The van der Waals surface area contributed by atoms with Crippen LogP contribution in [0.3, 0.4) is 0 Å². The van der Waals surface area contributed by atoms with Crippen LogP contribution in [0.4, 0.5) is 51.2 Å². The van der Waals surface area contributed by atoms with Crippen molar-refractivity contribution in [3.8, 4) is 11.1 Å². The highest BCUT2D eigenvalue weighted by molar-refractivity contribution is 7.25. The largest absolute Gasteiger partial charge is 0.310 e. The second-order valence-corrected chi connectivity index (χ2v) is 17.9. The predicted octanol–water partition coefficient (Wildman–Crippen LogP) is 17.1. The summed E-state index contributed by atoms with van der Waals surface area (Å²) in [5, 5.41) is 2.53. The summed E-state index contributed by atoms with van der Waals surface area (Å²) < 4.78 is 2.51. The Morgan fingerprint density at radius 2 is 0.785 bits per heavy atom. The van der Waals surface area contributed by atoms with E-state index in [1.807, 2.05) is 11.3 Å². The van der Waals surface area contributed by atoms with Gasteiger partial charge in [-0.1, -0.05) is 158 Å². The average Bonchev–Trinajstić information content (AvgIpc) is 3.89. The second kappa shape index (κ2) is 15.0. The van der Waals surface area contributed by atoms with E-state index in [0.717, 1.165) is 39.8 Å². The number of fused-ring (bicyclic) bond motifs is 12. The second-order valence-electron chi connectivity index (χ2n) is 16.8. The number of rotatable bonds is 7. The molecule has 0 amide bonds. The van der Waals surface area contributed by atoms with Crippen molar-refractivity contribution in [2.24, 2.45) is 0 Å². The molecule has 0 radical (unpaired) electrons. The lowest BCUT2D eigenvalue weighted by molar-refractivity contribution is 0.752. The van der Waals surface area contributed by atoms with Crippen LogP contribution in [0, 0.1) is 0 Å². The molecule has 0 unspecified atom stereocenters. The van der Waals surface area contributed by atoms with Gasteiger partial charge in [0.25, 0.3) is 0 Å². The molecule has 0 saturated heterocycles. The fraction of sp³-hybridized carbons (Fsp3) is 0.0164. The van der Waals surface area contributed by atoms with Gasteiger partial charge in [0.1, 0.15) is 0 Å². The zero-order valence-corrected chi connectivity index (χ0v) is 36.2. The highest BCUT2D eigenvalue weighted by Gasteiger charge is 2.52. The summed E-state index contributed by atoms with van der Waals surface area (Å²) in [5.41, 5.74) is 17.4. The van der Waals surface area contributed by atoms with E-state index in [1.54, 1.807) is 0 Å². The SMILES string of the molecule is c1ccc(N(c2ccccc2)c2ccc3c(c2)sc2cc(N(c4ccccc4)c4cccc5c4-c4ccccc4C54c5ccccc5N(c5ccccc5)c5ccccc54)ccc23)cc1. The molecular formula is C61H41N3S. The topological polar surface area (TPSA) is 9.72 Å². The molecular weight excluding hydrogens is 807 g/mol. The van der Waals surface area contributed by atoms with Gasteiger partial charge in [-0.05, 0) is 119 Å². The van der Waals surface area contributed by atoms with Crippen molar-refractivity contribution in [1.82, 2.24) is 0 Å². The molecule has 0 fully saturated rings. The number of nitrogens with zero attached hydrogens (tertiary/aromatic N) is 3. The molecule has 13 rings (SSSR count). The molecule has 3 nitrogen and oxygen atoms in total. The lowest BCUT2D eigenvalue weighted by Gasteiger charge is -2.45. The molecule has 2 aliphatic rings. The smallest absolute Gasteiger partial charge is 0.0755 e. The zero-order valence-electron chi connectivity index (χ0n) is 35.4. The van der Waals surface area contributed by atoms with Crippen molar-refractivity contribution < 1.29 is 0 Å². The Morgan fingerprint density at radius 3 is 1.35 bits per heavy atom. The highest BCUT2D eigenvalue weighted by atomic mass is 32.1. The van der Waals surface area contributed by atoms with Crippen molar-refractivity contribution in [1.29, 1.82) is 0 Å². The van der Waals surface area contributed by atoms with Crippen LogP contribution < -0.4 is 14.7 Å². The van der Waals surface area contributed by atoms with Gasteiger partial charge in [0.05, 0.1) is 22.5 Å².